The highest BCUT2D eigenvalue weighted by atomic mass is 19.4. The quantitative estimate of drug-likeness (QED) is 0.826. The van der Waals surface area contributed by atoms with E-state index in [1.54, 1.807) is 6.07 Å². The van der Waals surface area contributed by atoms with E-state index in [-0.39, 0.29) is 18.4 Å². The van der Waals surface area contributed by atoms with Crippen LogP contribution < -0.4 is 5.32 Å². The van der Waals surface area contributed by atoms with Crippen LogP contribution >= 0.6 is 0 Å². The van der Waals surface area contributed by atoms with Crippen molar-refractivity contribution in [1.82, 2.24) is 10.2 Å². The Hall–Kier alpha value is -2.09. The number of ether oxygens (including phenoxy) is 1. The fraction of sp³-hybridized carbons (Fsp3) is 0.529. The van der Waals surface area contributed by atoms with E-state index >= 15 is 0 Å². The van der Waals surface area contributed by atoms with Crippen molar-refractivity contribution < 1.29 is 27.5 Å². The van der Waals surface area contributed by atoms with E-state index in [0.717, 1.165) is 11.1 Å². The lowest BCUT2D eigenvalue weighted by molar-refractivity contribution is -0.210. The zero-order chi connectivity index (χ0) is 18.4. The number of carbonyl (C=O) groups is 2. The zero-order valence-corrected chi connectivity index (χ0v) is 13.9. The molecule has 1 fully saturated rings. The summed E-state index contributed by atoms with van der Waals surface area (Å²) in [7, 11) is 0. The summed E-state index contributed by atoms with van der Waals surface area (Å²) in [5, 5.41) is 2.77. The molecular weight excluding hydrogens is 337 g/mol. The molecule has 5 nitrogen and oxygen atoms in total. The van der Waals surface area contributed by atoms with E-state index in [0.29, 0.717) is 18.5 Å². The van der Waals surface area contributed by atoms with Crippen molar-refractivity contribution in [3.05, 3.63) is 34.9 Å². The first-order valence-electron chi connectivity index (χ1n) is 8.13. The summed E-state index contributed by atoms with van der Waals surface area (Å²) in [5.41, 5.74) is 2.38. The summed E-state index contributed by atoms with van der Waals surface area (Å²) in [6, 6.07) is 4.92. The van der Waals surface area contributed by atoms with Crippen LogP contribution in [0.4, 0.5) is 13.2 Å². The molecule has 0 saturated carbocycles. The minimum absolute atomic E-state index is 0.240. The van der Waals surface area contributed by atoms with Crippen molar-refractivity contribution in [3.8, 4) is 0 Å². The van der Waals surface area contributed by atoms with E-state index in [2.05, 4.69) is 10.1 Å². The summed E-state index contributed by atoms with van der Waals surface area (Å²) in [5.74, 6) is -2.22. The lowest BCUT2D eigenvalue weighted by Gasteiger charge is -2.44. The summed E-state index contributed by atoms with van der Waals surface area (Å²) >= 11 is 0. The second-order valence-electron chi connectivity index (χ2n) is 6.62. The lowest BCUT2D eigenvalue weighted by Crippen LogP contribution is -2.63. The number of esters is 1. The molecule has 1 aromatic carbocycles. The molecule has 0 radical (unpaired) electrons. The SMILES string of the molecule is CC(C)c1ccc2c(c1)C[C@@H]1C(OC(=O)C(F)(F)F)NCCN1C2=O. The van der Waals surface area contributed by atoms with Gasteiger partial charge in [-0.05, 0) is 29.5 Å². The van der Waals surface area contributed by atoms with Crippen LogP contribution in [0.3, 0.4) is 0 Å². The Balaban J connectivity index is 1.89. The molecule has 1 N–H and O–H groups in total. The molecule has 1 aromatic rings. The zero-order valence-electron chi connectivity index (χ0n) is 13.9. The van der Waals surface area contributed by atoms with E-state index in [1.165, 1.54) is 4.90 Å². The predicted molar refractivity (Wildman–Crippen MR) is 83.0 cm³/mol. The molecule has 0 aliphatic carbocycles. The molecular formula is C17H19F3N2O3. The molecule has 2 atom stereocenters. The third-order valence-electron chi connectivity index (χ3n) is 4.63. The van der Waals surface area contributed by atoms with Crippen LogP contribution in [0, 0.1) is 0 Å². The van der Waals surface area contributed by atoms with Crippen molar-refractivity contribution in [2.45, 2.75) is 44.6 Å². The number of fused-ring (bicyclic) bond motifs is 2. The molecule has 0 aromatic heterocycles. The molecule has 136 valence electrons. The Morgan fingerprint density at radius 2 is 2.08 bits per heavy atom. The Morgan fingerprint density at radius 3 is 2.72 bits per heavy atom. The van der Waals surface area contributed by atoms with E-state index < -0.39 is 24.4 Å². The number of nitrogens with zero attached hydrogens (tertiary/aromatic N) is 1. The van der Waals surface area contributed by atoms with Crippen LogP contribution in [-0.2, 0) is 16.0 Å². The number of nitrogens with one attached hydrogen (secondary N) is 1. The average molecular weight is 356 g/mol. The molecule has 2 heterocycles. The fourth-order valence-electron chi connectivity index (χ4n) is 3.29. The Labute approximate surface area is 143 Å². The molecule has 1 saturated heterocycles. The van der Waals surface area contributed by atoms with E-state index in [1.807, 2.05) is 26.0 Å². The highest BCUT2D eigenvalue weighted by molar-refractivity contribution is 5.97. The van der Waals surface area contributed by atoms with Gasteiger partial charge in [-0.25, -0.2) is 4.79 Å². The van der Waals surface area contributed by atoms with Gasteiger partial charge in [0.15, 0.2) is 6.23 Å². The topological polar surface area (TPSA) is 58.6 Å². The monoisotopic (exact) mass is 356 g/mol. The second-order valence-corrected chi connectivity index (χ2v) is 6.62. The van der Waals surface area contributed by atoms with Crippen LogP contribution in [0.2, 0.25) is 0 Å². The standard InChI is InChI=1S/C17H19F3N2O3/c1-9(2)10-3-4-12-11(7-10)8-13-14(25-16(24)17(18,19)20)21-5-6-22(13)15(12)23/h3-4,7,9,13-14,21H,5-6,8H2,1-2H3/t13-,14?/m1/s1. The fourth-order valence-corrected chi connectivity index (χ4v) is 3.29. The Kier molecular flexibility index (Phi) is 4.49. The van der Waals surface area contributed by atoms with Crippen molar-refractivity contribution in [2.75, 3.05) is 13.1 Å². The average Bonchev–Trinajstić information content (AvgIpc) is 2.54. The minimum atomic E-state index is -5.06. The van der Waals surface area contributed by atoms with Crippen molar-refractivity contribution >= 4 is 11.9 Å². The van der Waals surface area contributed by atoms with Crippen LogP contribution in [0.25, 0.3) is 0 Å². The number of benzene rings is 1. The normalized spacial score (nSPS) is 23.3. The van der Waals surface area contributed by atoms with Gasteiger partial charge in [-0.3, -0.25) is 10.1 Å². The number of rotatable bonds is 2. The van der Waals surface area contributed by atoms with Gasteiger partial charge in [-0.1, -0.05) is 26.0 Å². The third kappa shape index (κ3) is 3.35. The molecule has 1 amide bonds. The van der Waals surface area contributed by atoms with Crippen LogP contribution in [0.1, 0.15) is 41.3 Å². The van der Waals surface area contributed by atoms with E-state index in [9.17, 15) is 22.8 Å². The molecule has 2 aliphatic heterocycles. The number of piperazine rings is 1. The molecule has 25 heavy (non-hydrogen) atoms. The van der Waals surface area contributed by atoms with Gasteiger partial charge >= 0.3 is 12.1 Å². The third-order valence-corrected chi connectivity index (χ3v) is 4.63. The molecule has 8 heteroatoms. The summed E-state index contributed by atoms with van der Waals surface area (Å²) in [4.78, 5) is 25.4. The summed E-state index contributed by atoms with van der Waals surface area (Å²) in [6.45, 7) is 4.66. The predicted octanol–water partition coefficient (Wildman–Crippen LogP) is 2.21. The van der Waals surface area contributed by atoms with Crippen molar-refractivity contribution in [1.29, 1.82) is 0 Å². The maximum Gasteiger partial charge on any atom is 0.490 e. The first-order chi connectivity index (χ1) is 11.7. The van der Waals surface area contributed by atoms with Crippen LogP contribution in [0.5, 0.6) is 0 Å². The van der Waals surface area contributed by atoms with Gasteiger partial charge in [0.2, 0.25) is 0 Å². The highest BCUT2D eigenvalue weighted by Crippen LogP contribution is 2.30. The molecule has 3 rings (SSSR count). The number of hydrogen-bond donors (Lipinski definition) is 1. The number of carbonyl (C=O) groups excluding carboxylic acids is 2. The van der Waals surface area contributed by atoms with Crippen molar-refractivity contribution in [2.24, 2.45) is 0 Å². The smallest absolute Gasteiger partial charge is 0.438 e. The molecule has 0 bridgehead atoms. The molecule has 2 aliphatic rings. The maximum absolute atomic E-state index is 12.7. The van der Waals surface area contributed by atoms with Gasteiger partial charge in [0.25, 0.3) is 5.91 Å². The Morgan fingerprint density at radius 1 is 1.36 bits per heavy atom. The first kappa shape index (κ1) is 17.7. The minimum Gasteiger partial charge on any atom is -0.438 e. The van der Waals surface area contributed by atoms with Gasteiger partial charge in [-0.15, -0.1) is 0 Å². The number of hydrogen-bond acceptors (Lipinski definition) is 4. The van der Waals surface area contributed by atoms with Gasteiger partial charge in [-0.2, -0.15) is 13.2 Å². The molecule has 0 spiro atoms. The number of alkyl halides is 3. The van der Waals surface area contributed by atoms with E-state index in [4.69, 9.17) is 0 Å². The van der Waals surface area contributed by atoms with Gasteiger partial charge in [0, 0.05) is 18.7 Å². The van der Waals surface area contributed by atoms with Crippen molar-refractivity contribution in [3.63, 3.8) is 0 Å². The largest absolute Gasteiger partial charge is 0.490 e. The molecule has 1 unspecified atom stereocenters. The maximum atomic E-state index is 12.7. The Bertz CT molecular complexity index is 703. The van der Waals surface area contributed by atoms with Gasteiger partial charge in [0.05, 0.1) is 6.04 Å². The first-order valence-corrected chi connectivity index (χ1v) is 8.13. The summed E-state index contributed by atoms with van der Waals surface area (Å²) in [6.07, 6.45) is -5.90. The number of halogens is 3. The second kappa shape index (κ2) is 6.33. The lowest BCUT2D eigenvalue weighted by atomic mass is 9.88. The van der Waals surface area contributed by atoms with Gasteiger partial charge < -0.3 is 9.64 Å². The van der Waals surface area contributed by atoms with Crippen LogP contribution in [0.15, 0.2) is 18.2 Å². The summed E-state index contributed by atoms with van der Waals surface area (Å²) < 4.78 is 42.1. The highest BCUT2D eigenvalue weighted by Gasteiger charge is 2.46. The number of amides is 1. The van der Waals surface area contributed by atoms with Crippen LogP contribution in [-0.4, -0.2) is 48.3 Å². The van der Waals surface area contributed by atoms with Gasteiger partial charge in [0.1, 0.15) is 0 Å².